The monoisotopic (exact) mass is 220 g/mol. The second-order valence-corrected chi connectivity index (χ2v) is 5.10. The van der Waals surface area contributed by atoms with E-state index in [-0.39, 0.29) is 11.9 Å². The van der Waals surface area contributed by atoms with Crippen molar-refractivity contribution in [1.82, 2.24) is 0 Å². The summed E-state index contributed by atoms with van der Waals surface area (Å²) in [4.78, 5) is 11.6. The molecule has 88 valence electrons. The molecular weight excluding hydrogens is 200 g/mol. The number of hydrogen-bond acceptors (Lipinski definition) is 2. The quantitative estimate of drug-likeness (QED) is 0.728. The first-order chi connectivity index (χ1) is 7.38. The summed E-state index contributed by atoms with van der Waals surface area (Å²) in [6.45, 7) is 7.70. The summed E-state index contributed by atoms with van der Waals surface area (Å²) in [6.07, 6.45) is 0.432. The summed E-state index contributed by atoms with van der Waals surface area (Å²) in [6, 6.07) is 10.0. The van der Waals surface area contributed by atoms with Gasteiger partial charge in [0.1, 0.15) is 5.60 Å². The van der Waals surface area contributed by atoms with Gasteiger partial charge in [0.25, 0.3) is 0 Å². The van der Waals surface area contributed by atoms with Crippen molar-refractivity contribution < 1.29 is 9.53 Å². The Morgan fingerprint density at radius 2 is 1.81 bits per heavy atom. The highest BCUT2D eigenvalue weighted by Crippen LogP contribution is 2.20. The molecule has 0 aliphatic heterocycles. The summed E-state index contributed by atoms with van der Waals surface area (Å²) >= 11 is 0. The van der Waals surface area contributed by atoms with Crippen LogP contribution >= 0.6 is 0 Å². The normalized spacial score (nSPS) is 13.2. The highest BCUT2D eigenvalue weighted by atomic mass is 16.6. The molecule has 0 aliphatic carbocycles. The van der Waals surface area contributed by atoms with E-state index in [1.807, 2.05) is 58.0 Å². The van der Waals surface area contributed by atoms with Crippen molar-refractivity contribution in [2.75, 3.05) is 0 Å². The van der Waals surface area contributed by atoms with Crippen LogP contribution in [0.2, 0.25) is 0 Å². The number of rotatable bonds is 3. The number of ether oxygens (including phenoxy) is 1. The van der Waals surface area contributed by atoms with Gasteiger partial charge in [-0.25, -0.2) is 0 Å². The van der Waals surface area contributed by atoms with Crippen LogP contribution in [0.15, 0.2) is 30.3 Å². The van der Waals surface area contributed by atoms with E-state index in [4.69, 9.17) is 4.74 Å². The first kappa shape index (κ1) is 12.8. The minimum absolute atomic E-state index is 0.135. The average molecular weight is 220 g/mol. The van der Waals surface area contributed by atoms with Gasteiger partial charge in [-0.05, 0) is 32.3 Å². The molecule has 1 aromatic carbocycles. The number of esters is 1. The molecule has 0 saturated carbocycles. The molecule has 1 rings (SSSR count). The molecule has 2 heteroatoms. The van der Waals surface area contributed by atoms with E-state index in [0.29, 0.717) is 6.42 Å². The second kappa shape index (κ2) is 5.15. The minimum Gasteiger partial charge on any atom is -0.460 e. The molecule has 0 amide bonds. The second-order valence-electron chi connectivity index (χ2n) is 5.10. The maximum absolute atomic E-state index is 11.6. The van der Waals surface area contributed by atoms with Crippen LogP contribution in [0.5, 0.6) is 0 Å². The van der Waals surface area contributed by atoms with Crippen molar-refractivity contribution in [2.24, 2.45) is 0 Å². The lowest BCUT2D eigenvalue weighted by Crippen LogP contribution is -2.24. The first-order valence-corrected chi connectivity index (χ1v) is 5.65. The standard InChI is InChI=1S/C14H20O2/c1-11(12-8-6-5-7-9-12)10-13(15)16-14(2,3)4/h5-9,11H,10H2,1-4H3/t11-/m1/s1. The lowest BCUT2D eigenvalue weighted by Gasteiger charge is -2.21. The Hall–Kier alpha value is -1.31. The van der Waals surface area contributed by atoms with Crippen LogP contribution in [-0.2, 0) is 9.53 Å². The average Bonchev–Trinajstić information content (AvgIpc) is 2.16. The van der Waals surface area contributed by atoms with E-state index in [9.17, 15) is 4.79 Å². The molecule has 0 bridgehead atoms. The molecule has 0 aliphatic rings. The van der Waals surface area contributed by atoms with Gasteiger partial charge in [0.2, 0.25) is 0 Å². The molecule has 1 atom stereocenters. The Kier molecular flexibility index (Phi) is 4.11. The third kappa shape index (κ3) is 4.47. The number of hydrogen-bond donors (Lipinski definition) is 0. The maximum Gasteiger partial charge on any atom is 0.306 e. The van der Waals surface area contributed by atoms with Gasteiger partial charge in [-0.1, -0.05) is 37.3 Å². The molecule has 0 unspecified atom stereocenters. The van der Waals surface area contributed by atoms with Gasteiger partial charge in [0.05, 0.1) is 6.42 Å². The first-order valence-electron chi connectivity index (χ1n) is 5.65. The van der Waals surface area contributed by atoms with E-state index in [1.54, 1.807) is 0 Å². The Morgan fingerprint density at radius 1 is 1.25 bits per heavy atom. The van der Waals surface area contributed by atoms with Crippen LogP contribution in [0.25, 0.3) is 0 Å². The molecule has 0 fully saturated rings. The highest BCUT2D eigenvalue weighted by molar-refractivity contribution is 5.71. The van der Waals surface area contributed by atoms with Crippen molar-refractivity contribution >= 4 is 5.97 Å². The third-order valence-electron chi connectivity index (χ3n) is 2.26. The zero-order valence-corrected chi connectivity index (χ0v) is 10.5. The number of benzene rings is 1. The van der Waals surface area contributed by atoms with Gasteiger partial charge >= 0.3 is 5.97 Å². The van der Waals surface area contributed by atoms with Crippen LogP contribution < -0.4 is 0 Å². The third-order valence-corrected chi connectivity index (χ3v) is 2.26. The Balaban J connectivity index is 2.52. The Bertz CT molecular complexity index is 336. The van der Waals surface area contributed by atoms with Crippen LogP contribution in [0.1, 0.15) is 45.6 Å². The van der Waals surface area contributed by atoms with Crippen molar-refractivity contribution in [1.29, 1.82) is 0 Å². The van der Waals surface area contributed by atoms with E-state index in [0.717, 1.165) is 0 Å². The van der Waals surface area contributed by atoms with Crippen molar-refractivity contribution in [3.63, 3.8) is 0 Å². The van der Waals surface area contributed by atoms with E-state index in [2.05, 4.69) is 0 Å². The van der Waals surface area contributed by atoms with Gasteiger partial charge < -0.3 is 4.74 Å². The summed E-state index contributed by atoms with van der Waals surface area (Å²) in [5.41, 5.74) is 0.779. The predicted molar refractivity (Wildman–Crippen MR) is 65.3 cm³/mol. The molecule has 0 aromatic heterocycles. The molecular formula is C14H20O2. The molecule has 0 spiro atoms. The molecule has 0 radical (unpaired) electrons. The highest BCUT2D eigenvalue weighted by Gasteiger charge is 2.18. The van der Waals surface area contributed by atoms with Gasteiger partial charge in [-0.3, -0.25) is 4.79 Å². The molecule has 1 aromatic rings. The fourth-order valence-electron chi connectivity index (χ4n) is 1.53. The fraction of sp³-hybridized carbons (Fsp3) is 0.500. The smallest absolute Gasteiger partial charge is 0.306 e. The Morgan fingerprint density at radius 3 is 2.31 bits per heavy atom. The van der Waals surface area contributed by atoms with Crippen molar-refractivity contribution in [3.8, 4) is 0 Å². The van der Waals surface area contributed by atoms with Gasteiger partial charge in [-0.2, -0.15) is 0 Å². The van der Waals surface area contributed by atoms with Crippen LogP contribution in [0.4, 0.5) is 0 Å². The molecule has 0 heterocycles. The SMILES string of the molecule is C[C@H](CC(=O)OC(C)(C)C)c1ccccc1. The molecule has 0 saturated heterocycles. The lowest BCUT2D eigenvalue weighted by atomic mass is 9.98. The largest absolute Gasteiger partial charge is 0.460 e. The lowest BCUT2D eigenvalue weighted by molar-refractivity contribution is -0.155. The van der Waals surface area contributed by atoms with Gasteiger partial charge in [-0.15, -0.1) is 0 Å². The van der Waals surface area contributed by atoms with Crippen molar-refractivity contribution in [2.45, 2.75) is 45.6 Å². The zero-order chi connectivity index (χ0) is 12.2. The van der Waals surface area contributed by atoms with Gasteiger partial charge in [0.15, 0.2) is 0 Å². The van der Waals surface area contributed by atoms with Crippen LogP contribution in [-0.4, -0.2) is 11.6 Å². The van der Waals surface area contributed by atoms with E-state index in [1.165, 1.54) is 5.56 Å². The van der Waals surface area contributed by atoms with Crippen LogP contribution in [0.3, 0.4) is 0 Å². The molecule has 2 nitrogen and oxygen atoms in total. The summed E-state index contributed by atoms with van der Waals surface area (Å²) in [5.74, 6) is 0.0694. The number of carbonyl (C=O) groups excluding carboxylic acids is 1. The van der Waals surface area contributed by atoms with Crippen LogP contribution in [0, 0.1) is 0 Å². The Labute approximate surface area is 97.6 Å². The number of carbonyl (C=O) groups is 1. The predicted octanol–water partition coefficient (Wildman–Crippen LogP) is 3.52. The van der Waals surface area contributed by atoms with Crippen molar-refractivity contribution in [3.05, 3.63) is 35.9 Å². The van der Waals surface area contributed by atoms with E-state index >= 15 is 0 Å². The maximum atomic E-state index is 11.6. The zero-order valence-electron chi connectivity index (χ0n) is 10.5. The molecule has 16 heavy (non-hydrogen) atoms. The summed E-state index contributed by atoms with van der Waals surface area (Å²) in [7, 11) is 0. The minimum atomic E-state index is -0.395. The van der Waals surface area contributed by atoms with E-state index < -0.39 is 5.60 Å². The summed E-state index contributed by atoms with van der Waals surface area (Å²) < 4.78 is 5.29. The molecule has 0 N–H and O–H groups in total. The van der Waals surface area contributed by atoms with Gasteiger partial charge in [0, 0.05) is 0 Å². The topological polar surface area (TPSA) is 26.3 Å². The fourth-order valence-corrected chi connectivity index (χ4v) is 1.53. The summed E-state index contributed by atoms with van der Waals surface area (Å²) in [5, 5.41) is 0.